The van der Waals surface area contributed by atoms with Crippen LogP contribution in [0.2, 0.25) is 0 Å². The van der Waals surface area contributed by atoms with Gasteiger partial charge in [-0.25, -0.2) is 0 Å². The molecule has 0 atom stereocenters. The Morgan fingerprint density at radius 1 is 0.283 bits per heavy atom. The van der Waals surface area contributed by atoms with Gasteiger partial charge in [-0.1, -0.05) is 206 Å². The minimum atomic E-state index is 1.11. The van der Waals surface area contributed by atoms with Crippen molar-refractivity contribution >= 4 is 49.6 Å². The lowest BCUT2D eigenvalue weighted by Gasteiger charge is -2.30. The third-order valence-electron chi connectivity index (χ3n) is 11.8. The van der Waals surface area contributed by atoms with E-state index in [1.54, 1.807) is 0 Å². The van der Waals surface area contributed by atoms with Crippen molar-refractivity contribution in [2.45, 2.75) is 0 Å². The molecule has 0 aliphatic carbocycles. The third-order valence-corrected chi connectivity index (χ3v) is 11.8. The summed E-state index contributed by atoms with van der Waals surface area (Å²) in [7, 11) is 0. The maximum atomic E-state index is 2.51. The highest BCUT2D eigenvalue weighted by Gasteiger charge is 2.26. The van der Waals surface area contributed by atoms with E-state index >= 15 is 0 Å². The van der Waals surface area contributed by atoms with Crippen LogP contribution in [-0.2, 0) is 0 Å². The quantitative estimate of drug-likeness (QED) is 0.150. The van der Waals surface area contributed by atoms with E-state index in [9.17, 15) is 0 Å². The predicted molar refractivity (Wildman–Crippen MR) is 255 cm³/mol. The largest absolute Gasteiger partial charge is 0.309 e. The Morgan fingerprint density at radius 2 is 0.733 bits per heavy atom. The summed E-state index contributed by atoms with van der Waals surface area (Å²) >= 11 is 0. The van der Waals surface area contributed by atoms with Crippen molar-refractivity contribution in [2.24, 2.45) is 0 Å². The first-order valence-electron chi connectivity index (χ1n) is 20.6. The smallest absolute Gasteiger partial charge is 0.0618 e. The standard InChI is InChI=1S/C58H40N2/c1-4-21-42(22-5-1)47-28-12-15-33-52(47)59(53-34-16-13-29-48(53)46-39-38-41-20-10-11-27-45(41)40-46)55-36-19-37-56-57(55)51-30-14-17-35-54(51)60(56)58-49(43-23-6-2-7-24-43)31-18-32-50(58)44-25-8-3-9-26-44/h1-40H. The predicted octanol–water partition coefficient (Wildman–Crippen LogP) is 16.1. The molecule has 0 fully saturated rings. The summed E-state index contributed by atoms with van der Waals surface area (Å²) in [6, 6.07) is 88.0. The third kappa shape index (κ3) is 6.06. The number of nitrogens with zero attached hydrogens (tertiary/aromatic N) is 2. The molecule has 11 rings (SSSR count). The van der Waals surface area contributed by atoms with E-state index in [0.29, 0.717) is 0 Å². The molecule has 282 valence electrons. The van der Waals surface area contributed by atoms with Gasteiger partial charge in [0.2, 0.25) is 0 Å². The topological polar surface area (TPSA) is 8.17 Å². The van der Waals surface area contributed by atoms with E-state index in [-0.39, 0.29) is 0 Å². The number of fused-ring (bicyclic) bond motifs is 4. The number of hydrogen-bond donors (Lipinski definition) is 0. The average molecular weight is 765 g/mol. The van der Waals surface area contributed by atoms with Crippen LogP contribution in [0.1, 0.15) is 0 Å². The average Bonchev–Trinajstić information content (AvgIpc) is 3.67. The molecule has 0 N–H and O–H groups in total. The molecule has 11 aromatic rings. The summed E-state index contributed by atoms with van der Waals surface area (Å²) < 4.78 is 2.51. The Kier molecular flexibility index (Phi) is 8.87. The second-order valence-corrected chi connectivity index (χ2v) is 15.3. The summed E-state index contributed by atoms with van der Waals surface area (Å²) in [5.74, 6) is 0. The van der Waals surface area contributed by atoms with Crippen LogP contribution in [0.4, 0.5) is 17.1 Å². The first-order chi connectivity index (χ1) is 29.8. The molecule has 60 heavy (non-hydrogen) atoms. The molecule has 1 aromatic heterocycles. The number of para-hydroxylation sites is 4. The molecule has 2 heteroatoms. The first-order valence-corrected chi connectivity index (χ1v) is 20.6. The molecule has 10 aromatic carbocycles. The number of rotatable bonds is 8. The first kappa shape index (κ1) is 35.2. The minimum absolute atomic E-state index is 1.11. The highest BCUT2D eigenvalue weighted by atomic mass is 15.2. The summed E-state index contributed by atoms with van der Waals surface area (Å²) in [6.45, 7) is 0. The summed E-state index contributed by atoms with van der Waals surface area (Å²) in [4.78, 5) is 2.51. The fourth-order valence-electron chi connectivity index (χ4n) is 9.10. The Hall–Kier alpha value is -7.94. The van der Waals surface area contributed by atoms with Crippen LogP contribution in [0, 0.1) is 0 Å². The second kappa shape index (κ2) is 15.1. The lowest BCUT2D eigenvalue weighted by atomic mass is 9.95. The van der Waals surface area contributed by atoms with Crippen molar-refractivity contribution in [3.63, 3.8) is 0 Å². The van der Waals surface area contributed by atoms with Gasteiger partial charge in [-0.15, -0.1) is 0 Å². The van der Waals surface area contributed by atoms with Crippen LogP contribution in [-0.4, -0.2) is 4.57 Å². The zero-order valence-electron chi connectivity index (χ0n) is 33.0. The fraction of sp³-hybridized carbons (Fsp3) is 0. The number of hydrogen-bond acceptors (Lipinski definition) is 1. The Bertz CT molecular complexity index is 3250. The zero-order chi connectivity index (χ0) is 39.8. The monoisotopic (exact) mass is 764 g/mol. The van der Waals surface area contributed by atoms with E-state index in [4.69, 9.17) is 0 Å². The normalized spacial score (nSPS) is 11.3. The Labute approximate surface area is 350 Å². The SMILES string of the molecule is c1ccc(-c2ccccc2N(c2ccccc2-c2ccc3ccccc3c2)c2cccc3c2c2ccccc2n3-c2c(-c3ccccc3)cccc2-c2ccccc2)cc1. The van der Waals surface area contributed by atoms with E-state index in [2.05, 4.69) is 252 Å². The molecule has 0 spiro atoms. The van der Waals surface area contributed by atoms with Crippen molar-refractivity contribution in [1.29, 1.82) is 0 Å². The van der Waals surface area contributed by atoms with Gasteiger partial charge >= 0.3 is 0 Å². The van der Waals surface area contributed by atoms with Crippen molar-refractivity contribution < 1.29 is 0 Å². The van der Waals surface area contributed by atoms with Crippen molar-refractivity contribution in [3.8, 4) is 50.2 Å². The number of benzene rings is 10. The van der Waals surface area contributed by atoms with Gasteiger partial charge in [0.05, 0.1) is 33.8 Å². The lowest BCUT2D eigenvalue weighted by molar-refractivity contribution is 1.18. The van der Waals surface area contributed by atoms with Gasteiger partial charge in [0.1, 0.15) is 0 Å². The van der Waals surface area contributed by atoms with E-state index in [1.807, 2.05) is 0 Å². The van der Waals surface area contributed by atoms with Crippen molar-refractivity contribution in [1.82, 2.24) is 4.57 Å². The molecule has 0 aliphatic heterocycles. The molecule has 0 radical (unpaired) electrons. The molecular formula is C58H40N2. The lowest BCUT2D eigenvalue weighted by Crippen LogP contribution is -2.13. The fourth-order valence-corrected chi connectivity index (χ4v) is 9.10. The maximum absolute atomic E-state index is 2.51. The van der Waals surface area contributed by atoms with Gasteiger partial charge in [0.15, 0.2) is 0 Å². The maximum Gasteiger partial charge on any atom is 0.0618 e. The van der Waals surface area contributed by atoms with E-state index in [0.717, 1.165) is 44.9 Å². The molecule has 0 bridgehead atoms. The van der Waals surface area contributed by atoms with Gasteiger partial charge in [0.25, 0.3) is 0 Å². The summed E-state index contributed by atoms with van der Waals surface area (Å²) in [6.07, 6.45) is 0. The van der Waals surface area contributed by atoms with Crippen molar-refractivity contribution in [3.05, 3.63) is 243 Å². The highest BCUT2D eigenvalue weighted by molar-refractivity contribution is 6.18. The molecule has 0 saturated heterocycles. The molecule has 1 heterocycles. The molecule has 0 aliphatic rings. The second-order valence-electron chi connectivity index (χ2n) is 15.3. The van der Waals surface area contributed by atoms with Crippen LogP contribution >= 0.6 is 0 Å². The summed E-state index contributed by atoms with van der Waals surface area (Å²) in [5, 5.41) is 4.83. The van der Waals surface area contributed by atoms with Crippen molar-refractivity contribution in [2.75, 3.05) is 4.90 Å². The highest BCUT2D eigenvalue weighted by Crippen LogP contribution is 2.50. The van der Waals surface area contributed by atoms with Gasteiger partial charge in [-0.05, 0) is 69.4 Å². The van der Waals surface area contributed by atoms with E-state index < -0.39 is 0 Å². The molecule has 2 nitrogen and oxygen atoms in total. The van der Waals surface area contributed by atoms with Gasteiger partial charge in [0, 0.05) is 33.0 Å². The number of aromatic nitrogens is 1. The van der Waals surface area contributed by atoms with Crippen LogP contribution in [0.5, 0.6) is 0 Å². The Balaban J connectivity index is 1.25. The van der Waals surface area contributed by atoms with Crippen LogP contribution in [0.25, 0.3) is 82.8 Å². The molecule has 0 saturated carbocycles. The van der Waals surface area contributed by atoms with Gasteiger partial charge < -0.3 is 9.47 Å². The van der Waals surface area contributed by atoms with Gasteiger partial charge in [-0.2, -0.15) is 0 Å². The molecule has 0 unspecified atom stereocenters. The molecule has 0 amide bonds. The van der Waals surface area contributed by atoms with Crippen LogP contribution < -0.4 is 4.90 Å². The summed E-state index contributed by atoms with van der Waals surface area (Å²) in [5.41, 5.74) is 16.1. The Morgan fingerprint density at radius 3 is 1.38 bits per heavy atom. The van der Waals surface area contributed by atoms with Crippen LogP contribution in [0.3, 0.4) is 0 Å². The zero-order valence-corrected chi connectivity index (χ0v) is 33.0. The van der Waals surface area contributed by atoms with Crippen LogP contribution in [0.15, 0.2) is 243 Å². The molecular weight excluding hydrogens is 725 g/mol. The number of anilines is 3. The van der Waals surface area contributed by atoms with E-state index in [1.165, 1.54) is 54.9 Å². The van der Waals surface area contributed by atoms with Gasteiger partial charge in [-0.3, -0.25) is 0 Å². The minimum Gasteiger partial charge on any atom is -0.309 e.